The Bertz CT molecular complexity index is 817. The van der Waals surface area contributed by atoms with Gasteiger partial charge in [0.1, 0.15) is 6.04 Å². The number of Topliss-reactive ketones (excluding diaryl/α,β-unsaturated/α-hetero) is 1. The van der Waals surface area contributed by atoms with Gasteiger partial charge >= 0.3 is 6.03 Å². The first-order valence-corrected chi connectivity index (χ1v) is 11.7. The van der Waals surface area contributed by atoms with Crippen molar-refractivity contribution in [3.63, 3.8) is 0 Å². The monoisotopic (exact) mass is 495 g/mol. The molecule has 6 N–H and O–H groups in total. The van der Waals surface area contributed by atoms with Crippen LogP contribution in [0.15, 0.2) is 12.2 Å². The Morgan fingerprint density at radius 3 is 2.14 bits per heavy atom. The lowest BCUT2D eigenvalue weighted by molar-refractivity contribution is -0.137. The molecule has 0 bridgehead atoms. The molecule has 0 saturated heterocycles. The normalized spacial score (nSPS) is 15.0. The number of amides is 6. The Labute approximate surface area is 205 Å². The minimum atomic E-state index is -1.23. The van der Waals surface area contributed by atoms with Crippen molar-refractivity contribution < 1.29 is 33.9 Å². The molecule has 1 aliphatic rings. The van der Waals surface area contributed by atoms with Gasteiger partial charge in [-0.2, -0.15) is 0 Å². The molecule has 196 valence electrons. The summed E-state index contributed by atoms with van der Waals surface area (Å²) < 4.78 is 0. The van der Waals surface area contributed by atoms with Gasteiger partial charge in [0.2, 0.25) is 11.8 Å². The number of imide groups is 1. The van der Waals surface area contributed by atoms with Crippen molar-refractivity contribution in [3.05, 3.63) is 12.2 Å². The van der Waals surface area contributed by atoms with Gasteiger partial charge in [-0.1, -0.05) is 27.2 Å². The molecule has 1 unspecified atom stereocenters. The van der Waals surface area contributed by atoms with E-state index in [9.17, 15) is 33.9 Å². The van der Waals surface area contributed by atoms with Gasteiger partial charge in [-0.3, -0.25) is 28.9 Å². The van der Waals surface area contributed by atoms with Crippen molar-refractivity contribution in [1.29, 1.82) is 0 Å². The molecule has 12 heteroatoms. The second kappa shape index (κ2) is 14.2. The zero-order chi connectivity index (χ0) is 26.6. The number of aliphatic hydroxyl groups is 1. The molecule has 1 aliphatic heterocycles. The van der Waals surface area contributed by atoms with Gasteiger partial charge in [0.05, 0.1) is 12.6 Å². The fourth-order valence-electron chi connectivity index (χ4n) is 3.43. The minimum Gasteiger partial charge on any atom is -0.394 e. The van der Waals surface area contributed by atoms with E-state index in [-0.39, 0.29) is 43.5 Å². The van der Waals surface area contributed by atoms with Gasteiger partial charge < -0.3 is 26.8 Å². The van der Waals surface area contributed by atoms with Crippen LogP contribution in [0.3, 0.4) is 0 Å². The van der Waals surface area contributed by atoms with E-state index >= 15 is 0 Å². The maximum atomic E-state index is 12.8. The van der Waals surface area contributed by atoms with Crippen LogP contribution in [0.25, 0.3) is 0 Å². The summed E-state index contributed by atoms with van der Waals surface area (Å²) in [7, 11) is 0. The van der Waals surface area contributed by atoms with Crippen LogP contribution in [0.2, 0.25) is 0 Å². The Kier molecular flexibility index (Phi) is 12.1. The summed E-state index contributed by atoms with van der Waals surface area (Å²) >= 11 is 0. The molecule has 0 aliphatic carbocycles. The SMILES string of the molecule is CC(C)(C)C(=O)[C@H](CCCNC(N)=O)NC(=O)C(CO)NC(=O)CCCCCN1C(=O)C=CC1=O. The number of urea groups is 1. The Balaban J connectivity index is 2.51. The number of unbranched alkanes of at least 4 members (excludes halogenated alkanes) is 2. The van der Waals surface area contributed by atoms with Crippen LogP contribution in [-0.4, -0.2) is 77.2 Å². The summed E-state index contributed by atoms with van der Waals surface area (Å²) in [6, 6.07) is -2.79. The highest BCUT2D eigenvalue weighted by molar-refractivity contribution is 6.12. The molecule has 1 heterocycles. The van der Waals surface area contributed by atoms with Gasteiger partial charge in [0.25, 0.3) is 11.8 Å². The molecule has 1 rings (SSSR count). The topological polar surface area (TPSA) is 188 Å². The van der Waals surface area contributed by atoms with E-state index in [1.165, 1.54) is 12.2 Å². The fourth-order valence-corrected chi connectivity index (χ4v) is 3.43. The molecule has 35 heavy (non-hydrogen) atoms. The average Bonchev–Trinajstić information content (AvgIpc) is 3.09. The first-order chi connectivity index (χ1) is 16.4. The van der Waals surface area contributed by atoms with Crippen molar-refractivity contribution in [2.45, 2.75) is 71.4 Å². The molecule has 0 aromatic heterocycles. The van der Waals surface area contributed by atoms with Crippen LogP contribution < -0.4 is 21.7 Å². The van der Waals surface area contributed by atoms with Gasteiger partial charge in [0, 0.05) is 37.1 Å². The molecule has 12 nitrogen and oxygen atoms in total. The van der Waals surface area contributed by atoms with Crippen molar-refractivity contribution in [2.75, 3.05) is 19.7 Å². The van der Waals surface area contributed by atoms with E-state index in [4.69, 9.17) is 5.73 Å². The first-order valence-electron chi connectivity index (χ1n) is 11.7. The van der Waals surface area contributed by atoms with E-state index in [0.717, 1.165) is 4.90 Å². The number of primary amides is 1. The van der Waals surface area contributed by atoms with E-state index in [0.29, 0.717) is 25.7 Å². The van der Waals surface area contributed by atoms with Gasteiger partial charge in [-0.15, -0.1) is 0 Å². The number of hydrogen-bond donors (Lipinski definition) is 5. The predicted molar refractivity (Wildman–Crippen MR) is 127 cm³/mol. The standard InChI is InChI=1S/C23H37N5O7/c1-23(2,3)20(33)15(8-7-12-25-22(24)35)27-21(34)16(14-29)26-17(30)9-5-4-6-13-28-18(31)10-11-19(28)32/h10-11,15-16,29H,4-9,12-14H2,1-3H3,(H,26,30)(H,27,34)(H3,24,25,35)/t15-,16?/m0/s1. The van der Waals surface area contributed by atoms with Gasteiger partial charge in [-0.05, 0) is 25.7 Å². The second-order valence-corrected chi connectivity index (χ2v) is 9.38. The summed E-state index contributed by atoms with van der Waals surface area (Å²) in [6.07, 6.45) is 4.74. The molecule has 0 aromatic rings. The van der Waals surface area contributed by atoms with E-state index in [1.54, 1.807) is 20.8 Å². The summed E-state index contributed by atoms with van der Waals surface area (Å²) in [6.45, 7) is 5.00. The number of rotatable bonds is 15. The molecule has 0 saturated carbocycles. The number of ketones is 1. The minimum absolute atomic E-state index is 0.0903. The quantitative estimate of drug-likeness (QED) is 0.149. The molecule has 0 spiro atoms. The smallest absolute Gasteiger partial charge is 0.312 e. The average molecular weight is 496 g/mol. The van der Waals surface area contributed by atoms with Crippen molar-refractivity contribution in [3.8, 4) is 0 Å². The number of hydrogen-bond acceptors (Lipinski definition) is 7. The highest BCUT2D eigenvalue weighted by Gasteiger charge is 2.32. The molecular weight excluding hydrogens is 458 g/mol. The van der Waals surface area contributed by atoms with Gasteiger partial charge in [0.15, 0.2) is 5.78 Å². The third kappa shape index (κ3) is 10.7. The van der Waals surface area contributed by atoms with E-state index in [2.05, 4.69) is 16.0 Å². The lowest BCUT2D eigenvalue weighted by Gasteiger charge is -2.27. The second-order valence-electron chi connectivity index (χ2n) is 9.38. The summed E-state index contributed by atoms with van der Waals surface area (Å²) in [5.41, 5.74) is 4.29. The highest BCUT2D eigenvalue weighted by Crippen LogP contribution is 2.19. The third-order valence-corrected chi connectivity index (χ3v) is 5.36. The van der Waals surface area contributed by atoms with E-state index < -0.39 is 42.0 Å². The Morgan fingerprint density at radius 1 is 0.971 bits per heavy atom. The molecule has 0 radical (unpaired) electrons. The summed E-state index contributed by atoms with van der Waals surface area (Å²) in [5.74, 6) is -2.06. The van der Waals surface area contributed by atoms with Crippen LogP contribution >= 0.6 is 0 Å². The maximum absolute atomic E-state index is 12.8. The van der Waals surface area contributed by atoms with Crippen LogP contribution in [0.5, 0.6) is 0 Å². The number of carbonyl (C=O) groups is 6. The third-order valence-electron chi connectivity index (χ3n) is 5.36. The Morgan fingerprint density at radius 2 is 1.60 bits per heavy atom. The largest absolute Gasteiger partial charge is 0.394 e. The molecular formula is C23H37N5O7. The first kappa shape index (κ1) is 29.8. The lowest BCUT2D eigenvalue weighted by Crippen LogP contribution is -2.54. The molecule has 0 aromatic carbocycles. The van der Waals surface area contributed by atoms with E-state index in [1.807, 2.05) is 0 Å². The zero-order valence-corrected chi connectivity index (χ0v) is 20.6. The van der Waals surface area contributed by atoms with Crippen LogP contribution in [-0.2, 0) is 24.0 Å². The van der Waals surface area contributed by atoms with Crippen molar-refractivity contribution in [2.24, 2.45) is 11.1 Å². The molecule has 2 atom stereocenters. The number of nitrogens with two attached hydrogens (primary N) is 1. The molecule has 6 amide bonds. The summed E-state index contributed by atoms with van der Waals surface area (Å²) in [4.78, 5) is 72.6. The number of carbonyl (C=O) groups excluding carboxylic acids is 6. The maximum Gasteiger partial charge on any atom is 0.312 e. The Hall–Kier alpha value is -3.28. The van der Waals surface area contributed by atoms with Crippen molar-refractivity contribution in [1.82, 2.24) is 20.9 Å². The van der Waals surface area contributed by atoms with Crippen LogP contribution in [0.4, 0.5) is 4.79 Å². The van der Waals surface area contributed by atoms with Gasteiger partial charge in [-0.25, -0.2) is 4.79 Å². The highest BCUT2D eigenvalue weighted by atomic mass is 16.3. The number of aliphatic hydroxyl groups excluding tert-OH is 1. The summed E-state index contributed by atoms with van der Waals surface area (Å²) in [5, 5.41) is 17.1. The lowest BCUT2D eigenvalue weighted by atomic mass is 9.84. The fraction of sp³-hybridized carbons (Fsp3) is 0.652. The van der Waals surface area contributed by atoms with Crippen LogP contribution in [0, 0.1) is 5.41 Å². The number of nitrogens with zero attached hydrogens (tertiary/aromatic N) is 1. The predicted octanol–water partition coefficient (Wildman–Crippen LogP) is -0.503. The van der Waals surface area contributed by atoms with Crippen LogP contribution in [0.1, 0.15) is 59.3 Å². The zero-order valence-electron chi connectivity index (χ0n) is 20.6. The molecule has 0 fully saturated rings. The number of nitrogens with one attached hydrogen (secondary N) is 3. The van der Waals surface area contributed by atoms with Crippen molar-refractivity contribution >= 4 is 35.4 Å².